The first-order valence-electron chi connectivity index (χ1n) is 7.32. The highest BCUT2D eigenvalue weighted by atomic mass is 35.5. The van der Waals surface area contributed by atoms with E-state index in [9.17, 15) is 0 Å². The third-order valence-corrected chi connectivity index (χ3v) is 5.65. The van der Waals surface area contributed by atoms with Crippen LogP contribution in [0.25, 0.3) is 0 Å². The molecule has 0 fully saturated rings. The second-order valence-electron chi connectivity index (χ2n) is 5.44. The fourth-order valence-electron chi connectivity index (χ4n) is 3.23. The Morgan fingerprint density at radius 2 is 2.10 bits per heavy atom. The van der Waals surface area contributed by atoms with Gasteiger partial charge in [0.15, 0.2) is 0 Å². The topological polar surface area (TPSA) is 12.0 Å². The Bertz CT molecular complexity index is 578. The molecule has 3 rings (SSSR count). The molecule has 1 aliphatic rings. The van der Waals surface area contributed by atoms with E-state index in [1.807, 2.05) is 6.07 Å². The summed E-state index contributed by atoms with van der Waals surface area (Å²) in [6, 6.07) is 11.3. The highest BCUT2D eigenvalue weighted by molar-refractivity contribution is 7.10. The van der Waals surface area contributed by atoms with Crippen molar-refractivity contribution in [3.8, 4) is 0 Å². The van der Waals surface area contributed by atoms with Crippen LogP contribution in [0.15, 0.2) is 35.7 Å². The maximum Gasteiger partial charge on any atom is 0.0561 e. The van der Waals surface area contributed by atoms with Crippen molar-refractivity contribution in [2.45, 2.75) is 32.2 Å². The zero-order chi connectivity index (χ0) is 13.9. The number of nitrogens with one attached hydrogen (secondary N) is 1. The maximum atomic E-state index is 6.36. The molecule has 0 spiro atoms. The smallest absolute Gasteiger partial charge is 0.0561 e. The van der Waals surface area contributed by atoms with Crippen LogP contribution in [0.1, 0.15) is 35.4 Å². The molecule has 1 aromatic carbocycles. The second kappa shape index (κ2) is 6.30. The third kappa shape index (κ3) is 2.78. The molecule has 106 valence electrons. The molecule has 1 aliphatic carbocycles. The number of hydrogen-bond acceptors (Lipinski definition) is 2. The van der Waals surface area contributed by atoms with E-state index in [-0.39, 0.29) is 0 Å². The van der Waals surface area contributed by atoms with Crippen LogP contribution in [0.5, 0.6) is 0 Å². The zero-order valence-electron chi connectivity index (χ0n) is 11.7. The molecule has 0 radical (unpaired) electrons. The minimum atomic E-state index is 0.390. The van der Waals surface area contributed by atoms with Gasteiger partial charge < -0.3 is 5.32 Å². The van der Waals surface area contributed by atoms with E-state index in [0.29, 0.717) is 12.0 Å². The Morgan fingerprint density at radius 3 is 2.80 bits per heavy atom. The van der Waals surface area contributed by atoms with Crippen molar-refractivity contribution in [2.75, 3.05) is 6.54 Å². The first-order valence-corrected chi connectivity index (χ1v) is 8.58. The maximum absolute atomic E-state index is 6.36. The van der Waals surface area contributed by atoms with Gasteiger partial charge >= 0.3 is 0 Å². The summed E-state index contributed by atoms with van der Waals surface area (Å²) in [6.07, 6.45) is 3.58. The molecule has 2 unspecified atom stereocenters. The molecule has 1 nitrogen and oxygen atoms in total. The van der Waals surface area contributed by atoms with Crippen molar-refractivity contribution in [1.82, 2.24) is 5.32 Å². The van der Waals surface area contributed by atoms with Crippen LogP contribution in [0, 0.1) is 5.92 Å². The molecule has 20 heavy (non-hydrogen) atoms. The first-order chi connectivity index (χ1) is 9.79. The summed E-state index contributed by atoms with van der Waals surface area (Å²) in [5.41, 5.74) is 3.04. The van der Waals surface area contributed by atoms with Gasteiger partial charge in [-0.2, -0.15) is 0 Å². The van der Waals surface area contributed by atoms with Crippen LogP contribution in [-0.2, 0) is 12.8 Å². The fraction of sp³-hybridized carbons (Fsp3) is 0.412. The largest absolute Gasteiger partial charge is 0.309 e. The number of hydrogen-bond donors (Lipinski definition) is 1. The SMILES string of the molecule is CCNC(c1sccc1Cl)C1CCc2ccccc2C1. The van der Waals surface area contributed by atoms with E-state index >= 15 is 0 Å². The molecule has 0 saturated heterocycles. The minimum Gasteiger partial charge on any atom is -0.309 e. The van der Waals surface area contributed by atoms with Crippen LogP contribution >= 0.6 is 22.9 Å². The summed E-state index contributed by atoms with van der Waals surface area (Å²) < 4.78 is 0. The number of halogens is 1. The standard InChI is InChI=1S/C17H20ClNS/c1-2-19-16(17-15(18)9-10-20-17)14-8-7-12-5-3-4-6-13(12)11-14/h3-6,9-10,14,16,19H,2,7-8,11H2,1H3. The fourth-order valence-corrected chi connectivity index (χ4v) is 4.57. The van der Waals surface area contributed by atoms with Crippen LogP contribution in [0.2, 0.25) is 5.02 Å². The van der Waals surface area contributed by atoms with E-state index in [1.165, 1.54) is 28.8 Å². The zero-order valence-corrected chi connectivity index (χ0v) is 13.3. The van der Waals surface area contributed by atoms with Crippen molar-refractivity contribution < 1.29 is 0 Å². The van der Waals surface area contributed by atoms with Gasteiger partial charge in [-0.1, -0.05) is 42.8 Å². The van der Waals surface area contributed by atoms with Crippen LogP contribution in [0.4, 0.5) is 0 Å². The second-order valence-corrected chi connectivity index (χ2v) is 6.79. The summed E-state index contributed by atoms with van der Waals surface area (Å²) in [7, 11) is 0. The predicted molar refractivity (Wildman–Crippen MR) is 87.7 cm³/mol. The molecule has 1 heterocycles. The van der Waals surface area contributed by atoms with Gasteiger partial charge in [0.05, 0.1) is 5.02 Å². The van der Waals surface area contributed by atoms with Crippen molar-refractivity contribution >= 4 is 22.9 Å². The Morgan fingerprint density at radius 1 is 1.30 bits per heavy atom. The van der Waals surface area contributed by atoms with Gasteiger partial charge in [0.2, 0.25) is 0 Å². The molecular formula is C17H20ClNS. The van der Waals surface area contributed by atoms with Gasteiger partial charge in [-0.05, 0) is 54.3 Å². The van der Waals surface area contributed by atoms with Crippen LogP contribution in [0.3, 0.4) is 0 Å². The predicted octanol–water partition coefficient (Wildman–Crippen LogP) is 4.86. The number of rotatable bonds is 4. The minimum absolute atomic E-state index is 0.390. The van der Waals surface area contributed by atoms with E-state index < -0.39 is 0 Å². The summed E-state index contributed by atoms with van der Waals surface area (Å²) in [6.45, 7) is 3.16. The van der Waals surface area contributed by atoms with Crippen molar-refractivity contribution in [3.05, 3.63) is 56.7 Å². The van der Waals surface area contributed by atoms with Crippen molar-refractivity contribution in [1.29, 1.82) is 0 Å². The molecule has 0 bridgehead atoms. The number of aryl methyl sites for hydroxylation is 1. The van der Waals surface area contributed by atoms with Gasteiger partial charge in [-0.3, -0.25) is 0 Å². The lowest BCUT2D eigenvalue weighted by Crippen LogP contribution is -2.31. The normalized spacial score (nSPS) is 19.6. The summed E-state index contributed by atoms with van der Waals surface area (Å²) in [5, 5.41) is 6.66. The number of benzene rings is 1. The Labute approximate surface area is 130 Å². The molecule has 0 saturated carbocycles. The number of thiophene rings is 1. The summed E-state index contributed by atoms with van der Waals surface area (Å²) in [4.78, 5) is 1.30. The lowest BCUT2D eigenvalue weighted by atomic mass is 9.79. The molecule has 0 aliphatic heterocycles. The molecule has 0 amide bonds. The first kappa shape index (κ1) is 14.1. The molecule has 3 heteroatoms. The van der Waals surface area contributed by atoms with E-state index in [0.717, 1.165) is 18.0 Å². The summed E-state index contributed by atoms with van der Waals surface area (Å²) in [5.74, 6) is 0.640. The monoisotopic (exact) mass is 305 g/mol. The average molecular weight is 306 g/mol. The molecular weight excluding hydrogens is 286 g/mol. The van der Waals surface area contributed by atoms with E-state index in [1.54, 1.807) is 11.3 Å². The number of fused-ring (bicyclic) bond motifs is 1. The van der Waals surface area contributed by atoms with Gasteiger partial charge in [-0.15, -0.1) is 11.3 Å². The van der Waals surface area contributed by atoms with Crippen molar-refractivity contribution in [3.63, 3.8) is 0 Å². The lowest BCUT2D eigenvalue weighted by molar-refractivity contribution is 0.334. The third-order valence-electron chi connectivity index (χ3n) is 4.21. The van der Waals surface area contributed by atoms with Crippen LogP contribution in [-0.4, -0.2) is 6.54 Å². The highest BCUT2D eigenvalue weighted by Gasteiger charge is 2.28. The Kier molecular flexibility index (Phi) is 4.45. The lowest BCUT2D eigenvalue weighted by Gasteiger charge is -2.32. The molecule has 2 aromatic rings. The average Bonchev–Trinajstić information content (AvgIpc) is 2.90. The van der Waals surface area contributed by atoms with Crippen LogP contribution < -0.4 is 5.32 Å². The quantitative estimate of drug-likeness (QED) is 0.851. The van der Waals surface area contributed by atoms with E-state index in [4.69, 9.17) is 11.6 Å². The highest BCUT2D eigenvalue weighted by Crippen LogP contribution is 2.39. The molecule has 1 aromatic heterocycles. The van der Waals surface area contributed by atoms with Gasteiger partial charge in [0.25, 0.3) is 0 Å². The van der Waals surface area contributed by atoms with Gasteiger partial charge in [0.1, 0.15) is 0 Å². The molecule has 1 N–H and O–H groups in total. The van der Waals surface area contributed by atoms with Crippen molar-refractivity contribution in [2.24, 2.45) is 5.92 Å². The summed E-state index contributed by atoms with van der Waals surface area (Å²) >= 11 is 8.14. The Hall–Kier alpha value is -0.830. The van der Waals surface area contributed by atoms with Gasteiger partial charge in [0, 0.05) is 10.9 Å². The molecule has 2 atom stereocenters. The van der Waals surface area contributed by atoms with E-state index in [2.05, 4.69) is 41.9 Å². The van der Waals surface area contributed by atoms with Gasteiger partial charge in [-0.25, -0.2) is 0 Å². The Balaban J connectivity index is 1.85.